The number of carbonyl (C=O) groups is 1. The van der Waals surface area contributed by atoms with E-state index < -0.39 is 0 Å². The number of nitrogens with zero attached hydrogens (tertiary/aromatic N) is 1. The number of hydrogen-bond acceptors (Lipinski definition) is 1. The van der Waals surface area contributed by atoms with Crippen LogP contribution in [0.1, 0.15) is 12.8 Å². The van der Waals surface area contributed by atoms with Crippen LogP contribution in [-0.4, -0.2) is 31.1 Å². The van der Waals surface area contributed by atoms with Gasteiger partial charge in [-0.05, 0) is 36.5 Å². The molecule has 0 aliphatic heterocycles. The molecule has 0 saturated heterocycles. The molecule has 72 valence electrons. The first-order valence-corrected chi connectivity index (χ1v) is 5.18. The summed E-state index contributed by atoms with van der Waals surface area (Å²) in [7, 11) is 3.60. The predicted molar refractivity (Wildman–Crippen MR) is 49.2 cm³/mol. The molecule has 0 aromatic heterocycles. The SMILES string of the molecule is CN(C)C(=O)NC1C2CCC3C2C31. The summed E-state index contributed by atoms with van der Waals surface area (Å²) in [5.74, 6) is 3.69. The normalized spacial score (nSPS) is 49.2. The minimum atomic E-state index is 0.0843. The van der Waals surface area contributed by atoms with Gasteiger partial charge in [-0.25, -0.2) is 4.79 Å². The average molecular weight is 180 g/mol. The molecule has 0 bridgehead atoms. The van der Waals surface area contributed by atoms with Gasteiger partial charge in [0.15, 0.2) is 0 Å². The molecule has 3 nitrogen and oxygen atoms in total. The van der Waals surface area contributed by atoms with E-state index in [4.69, 9.17) is 0 Å². The van der Waals surface area contributed by atoms with Crippen LogP contribution in [-0.2, 0) is 0 Å². The number of carbonyl (C=O) groups excluding carboxylic acids is 1. The summed E-state index contributed by atoms with van der Waals surface area (Å²) in [6.07, 6.45) is 2.78. The molecule has 3 aliphatic carbocycles. The molecule has 0 radical (unpaired) electrons. The Morgan fingerprint density at radius 2 is 1.92 bits per heavy atom. The molecule has 3 rings (SSSR count). The molecule has 5 atom stereocenters. The summed E-state index contributed by atoms with van der Waals surface area (Å²) in [6.45, 7) is 0. The summed E-state index contributed by atoms with van der Waals surface area (Å²) in [5, 5.41) is 3.13. The van der Waals surface area contributed by atoms with Crippen LogP contribution in [0, 0.1) is 23.7 Å². The van der Waals surface area contributed by atoms with E-state index >= 15 is 0 Å². The molecule has 0 aromatic carbocycles. The van der Waals surface area contributed by atoms with Crippen molar-refractivity contribution < 1.29 is 4.79 Å². The van der Waals surface area contributed by atoms with Crippen molar-refractivity contribution in [1.29, 1.82) is 0 Å². The zero-order valence-electron chi connectivity index (χ0n) is 8.16. The number of hydrogen-bond donors (Lipinski definition) is 1. The van der Waals surface area contributed by atoms with E-state index in [-0.39, 0.29) is 6.03 Å². The number of amides is 2. The Bertz CT molecular complexity index is 260. The standard InChI is InChI=1S/C10H16N2O/c1-12(2)10(13)11-9-6-4-3-5-7(6)8(5)9/h5-9H,3-4H2,1-2H3,(H,11,13). The Labute approximate surface area is 78.5 Å². The molecule has 2 amide bonds. The van der Waals surface area contributed by atoms with Crippen molar-refractivity contribution >= 4 is 6.03 Å². The summed E-state index contributed by atoms with van der Waals surface area (Å²) < 4.78 is 0. The fraction of sp³-hybridized carbons (Fsp3) is 0.900. The third-order valence-corrected chi connectivity index (χ3v) is 4.19. The summed E-state index contributed by atoms with van der Waals surface area (Å²) in [6, 6.07) is 0.611. The molecule has 3 fully saturated rings. The Hall–Kier alpha value is -0.730. The van der Waals surface area contributed by atoms with Gasteiger partial charge in [-0.1, -0.05) is 0 Å². The second-order valence-corrected chi connectivity index (χ2v) is 4.93. The van der Waals surface area contributed by atoms with Crippen molar-refractivity contribution in [3.8, 4) is 0 Å². The molecule has 0 aromatic rings. The fourth-order valence-corrected chi connectivity index (χ4v) is 3.53. The van der Waals surface area contributed by atoms with Crippen LogP contribution in [0.5, 0.6) is 0 Å². The van der Waals surface area contributed by atoms with E-state index in [1.165, 1.54) is 12.8 Å². The molecule has 13 heavy (non-hydrogen) atoms. The van der Waals surface area contributed by atoms with E-state index in [2.05, 4.69) is 5.32 Å². The van der Waals surface area contributed by atoms with Crippen LogP contribution in [0.25, 0.3) is 0 Å². The number of rotatable bonds is 1. The van der Waals surface area contributed by atoms with Gasteiger partial charge in [-0.2, -0.15) is 0 Å². The molecule has 3 saturated carbocycles. The highest BCUT2D eigenvalue weighted by Crippen LogP contribution is 2.72. The van der Waals surface area contributed by atoms with Gasteiger partial charge in [0.05, 0.1) is 0 Å². The Morgan fingerprint density at radius 3 is 2.38 bits per heavy atom. The Kier molecular flexibility index (Phi) is 1.29. The van der Waals surface area contributed by atoms with Crippen LogP contribution in [0.2, 0.25) is 0 Å². The van der Waals surface area contributed by atoms with Gasteiger partial charge in [-0.3, -0.25) is 0 Å². The predicted octanol–water partition coefficient (Wildman–Crippen LogP) is 0.912. The van der Waals surface area contributed by atoms with Crippen LogP contribution < -0.4 is 5.32 Å². The van der Waals surface area contributed by atoms with Crippen LogP contribution in [0.4, 0.5) is 4.79 Å². The van der Waals surface area contributed by atoms with Crippen LogP contribution >= 0.6 is 0 Å². The quantitative estimate of drug-likeness (QED) is 0.639. The van der Waals surface area contributed by atoms with Gasteiger partial charge >= 0.3 is 6.03 Å². The molecule has 3 aliphatic rings. The maximum atomic E-state index is 11.4. The van der Waals surface area contributed by atoms with E-state index in [1.54, 1.807) is 19.0 Å². The van der Waals surface area contributed by atoms with Crippen molar-refractivity contribution in [2.24, 2.45) is 23.7 Å². The lowest BCUT2D eigenvalue weighted by atomic mass is 9.77. The largest absolute Gasteiger partial charge is 0.335 e. The number of fused-ring (bicyclic) bond motifs is 1. The summed E-state index contributed by atoms with van der Waals surface area (Å²) >= 11 is 0. The minimum absolute atomic E-state index is 0.0843. The first-order valence-electron chi connectivity index (χ1n) is 5.18. The van der Waals surface area contributed by atoms with Gasteiger partial charge in [-0.15, -0.1) is 0 Å². The molecule has 0 spiro atoms. The van der Waals surface area contributed by atoms with Gasteiger partial charge in [0.2, 0.25) is 0 Å². The summed E-state index contributed by atoms with van der Waals surface area (Å²) in [4.78, 5) is 13.0. The topological polar surface area (TPSA) is 32.3 Å². The molecule has 3 heteroatoms. The molecular weight excluding hydrogens is 164 g/mol. The maximum absolute atomic E-state index is 11.4. The zero-order valence-corrected chi connectivity index (χ0v) is 8.16. The van der Waals surface area contributed by atoms with E-state index in [1.807, 2.05) is 0 Å². The second kappa shape index (κ2) is 2.20. The molecular formula is C10H16N2O. The van der Waals surface area contributed by atoms with E-state index in [9.17, 15) is 4.79 Å². The number of nitrogens with one attached hydrogen (secondary N) is 1. The van der Waals surface area contributed by atoms with Crippen molar-refractivity contribution in [2.45, 2.75) is 18.9 Å². The van der Waals surface area contributed by atoms with Gasteiger partial charge in [0.25, 0.3) is 0 Å². The van der Waals surface area contributed by atoms with Crippen LogP contribution in [0.3, 0.4) is 0 Å². The van der Waals surface area contributed by atoms with Gasteiger partial charge in [0, 0.05) is 20.1 Å². The van der Waals surface area contributed by atoms with E-state index in [0.717, 1.165) is 23.7 Å². The van der Waals surface area contributed by atoms with Crippen molar-refractivity contribution in [2.75, 3.05) is 14.1 Å². The summed E-state index contributed by atoms with van der Waals surface area (Å²) in [5.41, 5.74) is 0. The fourth-order valence-electron chi connectivity index (χ4n) is 3.53. The third kappa shape index (κ3) is 0.825. The third-order valence-electron chi connectivity index (χ3n) is 4.19. The maximum Gasteiger partial charge on any atom is 0.317 e. The second-order valence-electron chi connectivity index (χ2n) is 4.93. The zero-order chi connectivity index (χ0) is 9.16. The number of urea groups is 1. The highest BCUT2D eigenvalue weighted by Gasteiger charge is 2.72. The van der Waals surface area contributed by atoms with Crippen molar-refractivity contribution in [1.82, 2.24) is 10.2 Å². The monoisotopic (exact) mass is 180 g/mol. The van der Waals surface area contributed by atoms with Crippen molar-refractivity contribution in [3.63, 3.8) is 0 Å². The molecule has 1 N–H and O–H groups in total. The average Bonchev–Trinajstić information content (AvgIpc) is 2.58. The first kappa shape index (κ1) is 7.65. The van der Waals surface area contributed by atoms with Gasteiger partial charge < -0.3 is 10.2 Å². The molecule has 0 heterocycles. The highest BCUT2D eigenvalue weighted by atomic mass is 16.2. The van der Waals surface area contributed by atoms with E-state index in [0.29, 0.717) is 6.04 Å². The lowest BCUT2D eigenvalue weighted by Gasteiger charge is -2.37. The first-order chi connectivity index (χ1) is 6.20. The lowest BCUT2D eigenvalue weighted by Crippen LogP contribution is -2.52. The highest BCUT2D eigenvalue weighted by molar-refractivity contribution is 5.74. The lowest BCUT2D eigenvalue weighted by molar-refractivity contribution is 0.158. The Balaban J connectivity index is 1.61. The smallest absolute Gasteiger partial charge is 0.317 e. The van der Waals surface area contributed by atoms with Crippen LogP contribution in [0.15, 0.2) is 0 Å². The minimum Gasteiger partial charge on any atom is -0.335 e. The van der Waals surface area contributed by atoms with Crippen molar-refractivity contribution in [3.05, 3.63) is 0 Å². The van der Waals surface area contributed by atoms with Gasteiger partial charge in [0.1, 0.15) is 0 Å². The Morgan fingerprint density at radius 1 is 1.23 bits per heavy atom. The molecule has 5 unspecified atom stereocenters.